The van der Waals surface area contributed by atoms with Gasteiger partial charge in [0.1, 0.15) is 5.75 Å². The van der Waals surface area contributed by atoms with Gasteiger partial charge in [0.15, 0.2) is 5.78 Å². The molecular weight excluding hydrogens is 296 g/mol. The maximum Gasteiger partial charge on any atom is 0.189 e. The summed E-state index contributed by atoms with van der Waals surface area (Å²) in [6.07, 6.45) is 3.98. The molecule has 0 aliphatic heterocycles. The van der Waals surface area contributed by atoms with E-state index in [9.17, 15) is 9.90 Å². The molecule has 3 aromatic rings. The Bertz CT molecular complexity index is 850. The maximum atomic E-state index is 12.4. The molecule has 0 radical (unpaired) electrons. The van der Waals surface area contributed by atoms with Gasteiger partial charge in [0, 0.05) is 0 Å². The number of rotatable bonds is 5. The van der Waals surface area contributed by atoms with Crippen LogP contribution in [-0.4, -0.2) is 10.9 Å². The van der Waals surface area contributed by atoms with Crippen molar-refractivity contribution in [1.29, 1.82) is 0 Å². The molecule has 118 valence electrons. The van der Waals surface area contributed by atoms with Crippen LogP contribution in [0.15, 0.2) is 84.9 Å². The van der Waals surface area contributed by atoms with Crippen LogP contribution in [0.5, 0.6) is 5.75 Å². The predicted octanol–water partition coefficient (Wildman–Crippen LogP) is 4.88. The summed E-state index contributed by atoms with van der Waals surface area (Å²) >= 11 is 0. The van der Waals surface area contributed by atoms with Gasteiger partial charge in [-0.25, -0.2) is 0 Å². The summed E-state index contributed by atoms with van der Waals surface area (Å²) in [4.78, 5) is 12.4. The van der Waals surface area contributed by atoms with Crippen LogP contribution >= 0.6 is 0 Å². The van der Waals surface area contributed by atoms with Crippen molar-refractivity contribution >= 4 is 11.9 Å². The number of hydrogen-bond donors (Lipinski definition) is 1. The Morgan fingerprint density at radius 1 is 0.833 bits per heavy atom. The van der Waals surface area contributed by atoms with Gasteiger partial charge in [0.05, 0.1) is 5.56 Å². The van der Waals surface area contributed by atoms with Crippen LogP contribution in [-0.2, 0) is 6.42 Å². The fourth-order valence-electron chi connectivity index (χ4n) is 2.55. The van der Waals surface area contributed by atoms with Crippen LogP contribution in [0.3, 0.4) is 0 Å². The minimum Gasteiger partial charge on any atom is -0.507 e. The molecule has 0 unspecified atom stereocenters. The van der Waals surface area contributed by atoms with Gasteiger partial charge in [-0.1, -0.05) is 72.8 Å². The third kappa shape index (κ3) is 3.99. The topological polar surface area (TPSA) is 37.3 Å². The molecule has 0 saturated heterocycles. The molecule has 0 bridgehead atoms. The second-order valence-electron chi connectivity index (χ2n) is 5.62. The van der Waals surface area contributed by atoms with Crippen molar-refractivity contribution in [2.24, 2.45) is 0 Å². The summed E-state index contributed by atoms with van der Waals surface area (Å²) in [6, 6.07) is 24.9. The van der Waals surface area contributed by atoms with Gasteiger partial charge in [-0.05, 0) is 41.3 Å². The number of phenols is 1. The predicted molar refractivity (Wildman–Crippen MR) is 97.2 cm³/mol. The second kappa shape index (κ2) is 7.42. The molecule has 3 aromatic carbocycles. The summed E-state index contributed by atoms with van der Waals surface area (Å²) in [6.45, 7) is 0. The maximum absolute atomic E-state index is 12.4. The second-order valence-corrected chi connectivity index (χ2v) is 5.62. The van der Waals surface area contributed by atoms with Crippen LogP contribution in [0, 0.1) is 0 Å². The molecule has 0 heterocycles. The molecule has 24 heavy (non-hydrogen) atoms. The lowest BCUT2D eigenvalue weighted by atomic mass is 10.00. The van der Waals surface area contributed by atoms with Crippen LogP contribution in [0.2, 0.25) is 0 Å². The van der Waals surface area contributed by atoms with E-state index in [2.05, 4.69) is 0 Å². The zero-order chi connectivity index (χ0) is 16.8. The number of allylic oxidation sites excluding steroid dienone is 1. The number of benzene rings is 3. The van der Waals surface area contributed by atoms with E-state index in [1.807, 2.05) is 66.7 Å². The number of aromatic hydroxyl groups is 1. The van der Waals surface area contributed by atoms with E-state index in [-0.39, 0.29) is 11.5 Å². The number of ketones is 1. The Balaban J connectivity index is 1.81. The lowest BCUT2D eigenvalue weighted by Gasteiger charge is -2.06. The van der Waals surface area contributed by atoms with Crippen LogP contribution in [0.1, 0.15) is 27.0 Å². The molecule has 0 aliphatic rings. The number of carbonyl (C=O) groups excluding carboxylic acids is 1. The first kappa shape index (κ1) is 15.8. The Hall–Kier alpha value is -3.13. The molecule has 0 spiro atoms. The van der Waals surface area contributed by atoms with Crippen molar-refractivity contribution in [3.63, 3.8) is 0 Å². The Labute approximate surface area is 141 Å². The van der Waals surface area contributed by atoms with Crippen LogP contribution < -0.4 is 0 Å². The van der Waals surface area contributed by atoms with Gasteiger partial charge in [-0.3, -0.25) is 4.79 Å². The lowest BCUT2D eigenvalue weighted by molar-refractivity contribution is 0.104. The van der Waals surface area contributed by atoms with Crippen molar-refractivity contribution in [1.82, 2.24) is 0 Å². The van der Waals surface area contributed by atoms with Gasteiger partial charge in [-0.2, -0.15) is 0 Å². The summed E-state index contributed by atoms with van der Waals surface area (Å²) in [5.41, 5.74) is 3.44. The highest BCUT2D eigenvalue weighted by Gasteiger charge is 2.09. The van der Waals surface area contributed by atoms with Gasteiger partial charge in [0.25, 0.3) is 0 Å². The zero-order valence-corrected chi connectivity index (χ0v) is 13.2. The molecule has 0 amide bonds. The van der Waals surface area contributed by atoms with Gasteiger partial charge < -0.3 is 5.11 Å². The minimum atomic E-state index is -0.203. The van der Waals surface area contributed by atoms with E-state index in [1.165, 1.54) is 11.6 Å². The quantitative estimate of drug-likeness (QED) is 0.538. The molecule has 1 N–H and O–H groups in total. The average molecular weight is 314 g/mol. The van der Waals surface area contributed by atoms with E-state index >= 15 is 0 Å². The molecule has 0 aromatic heterocycles. The normalized spacial score (nSPS) is 10.8. The van der Waals surface area contributed by atoms with Gasteiger partial charge in [0.2, 0.25) is 0 Å². The fraction of sp³-hybridized carbons (Fsp3) is 0.0455. The van der Waals surface area contributed by atoms with Gasteiger partial charge in [-0.15, -0.1) is 0 Å². The molecule has 0 aliphatic carbocycles. The van der Waals surface area contributed by atoms with E-state index in [0.29, 0.717) is 5.56 Å². The van der Waals surface area contributed by atoms with Crippen LogP contribution in [0.25, 0.3) is 6.08 Å². The van der Waals surface area contributed by atoms with Crippen molar-refractivity contribution in [3.8, 4) is 5.75 Å². The first-order chi connectivity index (χ1) is 11.7. The molecule has 0 atom stereocenters. The number of carbonyl (C=O) groups is 1. The summed E-state index contributed by atoms with van der Waals surface area (Å²) < 4.78 is 0. The Morgan fingerprint density at radius 2 is 1.50 bits per heavy atom. The fourth-order valence-corrected chi connectivity index (χ4v) is 2.55. The molecule has 3 rings (SSSR count). The van der Waals surface area contributed by atoms with E-state index in [0.717, 1.165) is 17.5 Å². The summed E-state index contributed by atoms with van der Waals surface area (Å²) in [5, 5.41) is 10.0. The van der Waals surface area contributed by atoms with Crippen molar-refractivity contribution in [2.75, 3.05) is 0 Å². The Morgan fingerprint density at radius 3 is 2.21 bits per heavy atom. The highest BCUT2D eigenvalue weighted by molar-refractivity contribution is 6.08. The standard InChI is InChI=1S/C22H18O2/c23-21(13-11-17-7-3-1-4-8-17)20-16-19(12-14-22(20)24)15-18-9-5-2-6-10-18/h1-14,16,24H,15H2/b13-11+. The first-order valence-corrected chi connectivity index (χ1v) is 7.85. The summed E-state index contributed by atoms with van der Waals surface area (Å²) in [7, 11) is 0. The number of phenolic OH excluding ortho intramolecular Hbond substituents is 1. The lowest BCUT2D eigenvalue weighted by Crippen LogP contribution is -1.97. The first-order valence-electron chi connectivity index (χ1n) is 7.85. The number of hydrogen-bond acceptors (Lipinski definition) is 2. The van der Waals surface area contributed by atoms with Crippen LogP contribution in [0.4, 0.5) is 0 Å². The third-order valence-electron chi connectivity index (χ3n) is 3.80. The molecule has 0 saturated carbocycles. The molecule has 2 nitrogen and oxygen atoms in total. The molecular formula is C22H18O2. The van der Waals surface area contributed by atoms with E-state index in [4.69, 9.17) is 0 Å². The highest BCUT2D eigenvalue weighted by Crippen LogP contribution is 2.21. The van der Waals surface area contributed by atoms with E-state index < -0.39 is 0 Å². The van der Waals surface area contributed by atoms with Crippen molar-refractivity contribution < 1.29 is 9.90 Å². The SMILES string of the molecule is O=C(/C=C/c1ccccc1)c1cc(Cc2ccccc2)ccc1O. The average Bonchev–Trinajstić information content (AvgIpc) is 2.63. The molecule has 2 heteroatoms. The zero-order valence-electron chi connectivity index (χ0n) is 13.2. The molecule has 0 fully saturated rings. The smallest absolute Gasteiger partial charge is 0.189 e. The van der Waals surface area contributed by atoms with E-state index in [1.54, 1.807) is 18.2 Å². The van der Waals surface area contributed by atoms with Crippen molar-refractivity contribution in [3.05, 3.63) is 107 Å². The third-order valence-corrected chi connectivity index (χ3v) is 3.80. The Kier molecular flexibility index (Phi) is 4.87. The van der Waals surface area contributed by atoms with Crippen molar-refractivity contribution in [2.45, 2.75) is 6.42 Å². The largest absolute Gasteiger partial charge is 0.507 e. The summed E-state index contributed by atoms with van der Waals surface area (Å²) in [5.74, 6) is -0.194. The van der Waals surface area contributed by atoms with Gasteiger partial charge >= 0.3 is 0 Å². The highest BCUT2D eigenvalue weighted by atomic mass is 16.3. The monoisotopic (exact) mass is 314 g/mol. The minimum absolute atomic E-state index is 0.00882.